The average Bonchev–Trinajstić information content (AvgIpc) is 2.34. The zero-order chi connectivity index (χ0) is 12.7. The number of carboxylic acids is 1. The van der Waals surface area contributed by atoms with Crippen LogP contribution in [-0.2, 0) is 6.42 Å². The first kappa shape index (κ1) is 13.3. The van der Waals surface area contributed by atoms with Gasteiger partial charge in [0.25, 0.3) is 0 Å². The predicted octanol–water partition coefficient (Wildman–Crippen LogP) is 3.29. The number of hydrogen-bond donors (Lipinski definition) is 1. The molecular formula is C14H18O3. The van der Waals surface area contributed by atoms with Gasteiger partial charge >= 0.3 is 5.97 Å². The highest BCUT2D eigenvalue weighted by molar-refractivity contribution is 5.90. The first-order valence-electron chi connectivity index (χ1n) is 5.83. The van der Waals surface area contributed by atoms with Gasteiger partial charge in [-0.15, -0.1) is 0 Å². The van der Waals surface area contributed by atoms with Crippen molar-refractivity contribution >= 4 is 5.97 Å². The molecule has 0 atom stereocenters. The van der Waals surface area contributed by atoms with E-state index in [-0.39, 0.29) is 0 Å². The number of carboxylic acid groups (broad SMARTS) is 1. The molecule has 0 amide bonds. The highest BCUT2D eigenvalue weighted by Gasteiger charge is 2.12. The second-order valence-electron chi connectivity index (χ2n) is 3.63. The van der Waals surface area contributed by atoms with Crippen LogP contribution in [-0.4, -0.2) is 17.7 Å². The topological polar surface area (TPSA) is 46.5 Å². The van der Waals surface area contributed by atoms with E-state index in [1.54, 1.807) is 12.1 Å². The van der Waals surface area contributed by atoms with Crippen molar-refractivity contribution in [2.24, 2.45) is 0 Å². The van der Waals surface area contributed by atoms with Crippen LogP contribution in [0.4, 0.5) is 0 Å². The molecule has 3 nitrogen and oxygen atoms in total. The Morgan fingerprint density at radius 2 is 2.12 bits per heavy atom. The minimum Gasteiger partial charge on any atom is -0.489 e. The summed E-state index contributed by atoms with van der Waals surface area (Å²) in [5, 5.41) is 9.06. The van der Waals surface area contributed by atoms with Gasteiger partial charge in [0.1, 0.15) is 12.4 Å². The van der Waals surface area contributed by atoms with Crippen LogP contribution in [0.1, 0.15) is 36.2 Å². The molecule has 17 heavy (non-hydrogen) atoms. The van der Waals surface area contributed by atoms with E-state index in [0.717, 1.165) is 12.0 Å². The Hall–Kier alpha value is -1.77. The lowest BCUT2D eigenvalue weighted by atomic mass is 10.0. The van der Waals surface area contributed by atoms with Crippen molar-refractivity contribution < 1.29 is 14.6 Å². The molecule has 0 fully saturated rings. The molecule has 0 radical (unpaired) electrons. The van der Waals surface area contributed by atoms with Crippen molar-refractivity contribution in [1.29, 1.82) is 0 Å². The van der Waals surface area contributed by atoms with Crippen LogP contribution >= 0.6 is 0 Å². The second kappa shape index (κ2) is 6.74. The van der Waals surface area contributed by atoms with Gasteiger partial charge in [-0.2, -0.15) is 0 Å². The Bertz CT molecular complexity index is 408. The smallest absolute Gasteiger partial charge is 0.336 e. The van der Waals surface area contributed by atoms with Gasteiger partial charge in [-0.05, 0) is 25.0 Å². The van der Waals surface area contributed by atoms with Gasteiger partial charge in [-0.3, -0.25) is 0 Å². The third kappa shape index (κ3) is 3.63. The highest BCUT2D eigenvalue weighted by Crippen LogP contribution is 2.23. The molecule has 92 valence electrons. The highest BCUT2D eigenvalue weighted by atomic mass is 16.5. The second-order valence-corrected chi connectivity index (χ2v) is 3.63. The lowest BCUT2D eigenvalue weighted by Crippen LogP contribution is -2.05. The van der Waals surface area contributed by atoms with Gasteiger partial charge in [0.2, 0.25) is 0 Å². The van der Waals surface area contributed by atoms with E-state index in [4.69, 9.17) is 9.84 Å². The lowest BCUT2D eigenvalue weighted by molar-refractivity contribution is 0.0695. The average molecular weight is 234 g/mol. The quantitative estimate of drug-likeness (QED) is 0.768. The van der Waals surface area contributed by atoms with Crippen LogP contribution < -0.4 is 4.74 Å². The van der Waals surface area contributed by atoms with Crippen LogP contribution in [0.5, 0.6) is 5.75 Å². The number of allylic oxidation sites excluding steroid dienone is 1. The third-order valence-electron chi connectivity index (χ3n) is 2.45. The van der Waals surface area contributed by atoms with Crippen LogP contribution in [0.25, 0.3) is 0 Å². The molecule has 0 aliphatic rings. The summed E-state index contributed by atoms with van der Waals surface area (Å²) in [7, 11) is 0. The summed E-state index contributed by atoms with van der Waals surface area (Å²) in [4.78, 5) is 11.0. The van der Waals surface area contributed by atoms with Crippen LogP contribution in [0.15, 0.2) is 30.4 Å². The zero-order valence-electron chi connectivity index (χ0n) is 10.3. The van der Waals surface area contributed by atoms with Crippen molar-refractivity contribution in [3.8, 4) is 5.75 Å². The number of rotatable bonds is 6. The van der Waals surface area contributed by atoms with Gasteiger partial charge in [-0.25, -0.2) is 4.79 Å². The van der Waals surface area contributed by atoms with Crippen molar-refractivity contribution in [3.63, 3.8) is 0 Å². The molecule has 0 aliphatic heterocycles. The third-order valence-corrected chi connectivity index (χ3v) is 2.45. The summed E-state index contributed by atoms with van der Waals surface area (Å²) < 4.78 is 5.57. The fourth-order valence-electron chi connectivity index (χ4n) is 1.64. The molecule has 3 heteroatoms. The zero-order valence-corrected chi connectivity index (χ0v) is 10.3. The lowest BCUT2D eigenvalue weighted by Gasteiger charge is -2.11. The molecule has 0 spiro atoms. The van der Waals surface area contributed by atoms with E-state index in [1.165, 1.54) is 0 Å². The van der Waals surface area contributed by atoms with Crippen molar-refractivity contribution in [2.45, 2.75) is 26.7 Å². The van der Waals surface area contributed by atoms with Gasteiger partial charge in [0, 0.05) is 5.56 Å². The standard InChI is InChI=1S/C14H18O3/c1-3-5-6-10-17-13-9-7-8-12(14(15)16)11(13)4-2/h5-9H,3-4,10H2,1-2H3,(H,15,16)/b6-5-. The Labute approximate surface area is 102 Å². The summed E-state index contributed by atoms with van der Waals surface area (Å²) in [5.74, 6) is -0.246. The summed E-state index contributed by atoms with van der Waals surface area (Å²) >= 11 is 0. The van der Waals surface area contributed by atoms with E-state index >= 15 is 0 Å². The van der Waals surface area contributed by atoms with Crippen LogP contribution in [0.3, 0.4) is 0 Å². The molecular weight excluding hydrogens is 216 g/mol. The summed E-state index contributed by atoms with van der Waals surface area (Å²) in [6.45, 7) is 4.46. The molecule has 0 aromatic heterocycles. The Morgan fingerprint density at radius 1 is 1.35 bits per heavy atom. The molecule has 1 aromatic carbocycles. The van der Waals surface area contributed by atoms with Gasteiger partial charge in [0.05, 0.1) is 5.56 Å². The van der Waals surface area contributed by atoms with E-state index in [9.17, 15) is 4.79 Å². The van der Waals surface area contributed by atoms with E-state index in [2.05, 4.69) is 6.92 Å². The van der Waals surface area contributed by atoms with E-state index < -0.39 is 5.97 Å². The number of ether oxygens (including phenoxy) is 1. The molecule has 1 aromatic rings. The van der Waals surface area contributed by atoms with E-state index in [1.807, 2.05) is 25.1 Å². The minimum absolute atomic E-state index is 0.324. The minimum atomic E-state index is -0.906. The monoisotopic (exact) mass is 234 g/mol. The van der Waals surface area contributed by atoms with Gasteiger partial charge < -0.3 is 9.84 Å². The van der Waals surface area contributed by atoms with E-state index in [0.29, 0.717) is 24.3 Å². The molecule has 1 rings (SSSR count). The normalized spacial score (nSPS) is 10.7. The van der Waals surface area contributed by atoms with Gasteiger partial charge in [-0.1, -0.05) is 32.1 Å². The summed E-state index contributed by atoms with van der Waals surface area (Å²) in [6.07, 6.45) is 5.58. The first-order valence-corrected chi connectivity index (χ1v) is 5.83. The van der Waals surface area contributed by atoms with Gasteiger partial charge in [0.15, 0.2) is 0 Å². The maximum atomic E-state index is 11.0. The molecule has 0 aliphatic carbocycles. The summed E-state index contributed by atoms with van der Waals surface area (Å²) in [5.41, 5.74) is 1.08. The Morgan fingerprint density at radius 3 is 2.71 bits per heavy atom. The SMILES string of the molecule is CC/C=C\COc1cccc(C(=O)O)c1CC. The number of hydrogen-bond acceptors (Lipinski definition) is 2. The molecule has 0 heterocycles. The molecule has 1 N–H and O–H groups in total. The van der Waals surface area contributed by atoms with Crippen LogP contribution in [0, 0.1) is 0 Å². The van der Waals surface area contributed by atoms with Crippen molar-refractivity contribution in [1.82, 2.24) is 0 Å². The Kier molecular flexibility index (Phi) is 5.27. The first-order chi connectivity index (χ1) is 8.20. The summed E-state index contributed by atoms with van der Waals surface area (Å²) in [6, 6.07) is 5.13. The molecule has 0 bridgehead atoms. The van der Waals surface area contributed by atoms with Crippen molar-refractivity contribution in [3.05, 3.63) is 41.5 Å². The maximum Gasteiger partial charge on any atom is 0.336 e. The number of aromatic carboxylic acids is 1. The predicted molar refractivity (Wildman–Crippen MR) is 67.7 cm³/mol. The largest absolute Gasteiger partial charge is 0.489 e. The fourth-order valence-corrected chi connectivity index (χ4v) is 1.64. The maximum absolute atomic E-state index is 11.0. The van der Waals surface area contributed by atoms with Crippen LogP contribution in [0.2, 0.25) is 0 Å². The molecule has 0 saturated heterocycles. The number of benzene rings is 1. The number of carbonyl (C=O) groups is 1. The molecule has 0 unspecified atom stereocenters. The fraction of sp³-hybridized carbons (Fsp3) is 0.357. The molecule has 0 saturated carbocycles. The Balaban J connectivity index is 2.87. The van der Waals surface area contributed by atoms with Crippen molar-refractivity contribution in [2.75, 3.05) is 6.61 Å².